The molecule has 1 atom stereocenters. The lowest BCUT2D eigenvalue weighted by Gasteiger charge is -2.20. The number of pyridine rings is 1. The molecule has 0 radical (unpaired) electrons. The van der Waals surface area contributed by atoms with Crippen LogP contribution in [0.5, 0.6) is 5.75 Å². The molecule has 33 heavy (non-hydrogen) atoms. The second kappa shape index (κ2) is 12.7. The molecule has 0 saturated carbocycles. The number of halogens is 2. The van der Waals surface area contributed by atoms with Gasteiger partial charge in [0.05, 0.1) is 11.4 Å². The topological polar surface area (TPSA) is 135 Å². The summed E-state index contributed by atoms with van der Waals surface area (Å²) in [5.41, 5.74) is 16.8. The molecule has 176 valence electrons. The van der Waals surface area contributed by atoms with Gasteiger partial charge in [0.1, 0.15) is 11.9 Å². The molecular weight excluding hydrogens is 489 g/mol. The Morgan fingerprint density at radius 3 is 2.79 bits per heavy atom. The molecule has 0 aliphatic heterocycles. The number of hydrazone groups is 1. The van der Waals surface area contributed by atoms with Crippen LogP contribution < -0.4 is 21.6 Å². The lowest BCUT2D eigenvalue weighted by Crippen LogP contribution is -2.23. The maximum atomic E-state index is 14.2. The van der Waals surface area contributed by atoms with Crippen LogP contribution in [0.4, 0.5) is 10.2 Å². The Balaban J connectivity index is 2.43. The summed E-state index contributed by atoms with van der Waals surface area (Å²) in [4.78, 5) is 8.28. The van der Waals surface area contributed by atoms with E-state index in [1.54, 1.807) is 31.5 Å². The molecule has 0 unspecified atom stereocenters. The zero-order valence-corrected chi connectivity index (χ0v) is 20.5. The predicted molar refractivity (Wildman–Crippen MR) is 136 cm³/mol. The molecule has 0 aliphatic carbocycles. The number of aliphatic imine (C=N–C) groups is 1. The third-order valence-electron chi connectivity index (χ3n) is 4.56. The number of hydrogen-bond acceptors (Lipinski definition) is 8. The van der Waals surface area contributed by atoms with Gasteiger partial charge in [-0.25, -0.2) is 9.37 Å². The van der Waals surface area contributed by atoms with Gasteiger partial charge in [0, 0.05) is 47.5 Å². The second-order valence-corrected chi connectivity index (χ2v) is 7.94. The molecule has 0 aliphatic rings. The van der Waals surface area contributed by atoms with Gasteiger partial charge in [-0.05, 0) is 72.7 Å². The number of anilines is 1. The van der Waals surface area contributed by atoms with Gasteiger partial charge in [0.15, 0.2) is 11.6 Å². The zero-order valence-electron chi connectivity index (χ0n) is 18.9. The van der Waals surface area contributed by atoms with E-state index in [9.17, 15) is 4.39 Å². The summed E-state index contributed by atoms with van der Waals surface area (Å²) >= 11 is 3.34. The molecule has 0 saturated heterocycles. The average molecular weight is 518 g/mol. The van der Waals surface area contributed by atoms with E-state index in [-0.39, 0.29) is 18.0 Å². The fourth-order valence-electron chi connectivity index (χ4n) is 2.94. The van der Waals surface area contributed by atoms with E-state index in [1.807, 2.05) is 13.8 Å². The number of allylic oxidation sites excluding steroid dienone is 1. The molecule has 10 heteroatoms. The number of ether oxygens (including phenoxy) is 1. The van der Waals surface area contributed by atoms with E-state index < -0.39 is 11.9 Å². The summed E-state index contributed by atoms with van der Waals surface area (Å²) in [7, 11) is 0. The van der Waals surface area contributed by atoms with E-state index in [4.69, 9.17) is 21.6 Å². The fraction of sp³-hybridized carbons (Fsp3) is 0.304. The van der Waals surface area contributed by atoms with E-state index in [0.29, 0.717) is 45.7 Å². The van der Waals surface area contributed by atoms with Crippen molar-refractivity contribution in [3.05, 3.63) is 63.7 Å². The fourth-order valence-corrected chi connectivity index (χ4v) is 3.25. The van der Waals surface area contributed by atoms with Crippen LogP contribution in [0.2, 0.25) is 0 Å². The summed E-state index contributed by atoms with van der Waals surface area (Å²) in [6.07, 6.45) is 4.31. The van der Waals surface area contributed by atoms with E-state index in [1.165, 1.54) is 18.3 Å². The minimum absolute atomic E-state index is 0.117. The van der Waals surface area contributed by atoms with Gasteiger partial charge in [-0.15, -0.1) is 0 Å². The van der Waals surface area contributed by atoms with Gasteiger partial charge in [0.25, 0.3) is 0 Å². The number of hydrogen-bond donors (Lipinski definition) is 4. The maximum absolute atomic E-state index is 14.2. The third-order valence-corrected chi connectivity index (χ3v) is 4.99. The van der Waals surface area contributed by atoms with Crippen molar-refractivity contribution < 1.29 is 9.13 Å². The Morgan fingerprint density at radius 2 is 2.12 bits per heavy atom. The van der Waals surface area contributed by atoms with Crippen molar-refractivity contribution in [1.82, 2.24) is 10.4 Å². The highest BCUT2D eigenvalue weighted by molar-refractivity contribution is 9.10. The molecule has 1 aromatic carbocycles. The highest BCUT2D eigenvalue weighted by atomic mass is 79.9. The van der Waals surface area contributed by atoms with Crippen LogP contribution in [0, 0.1) is 11.2 Å². The Hall–Kier alpha value is -3.27. The summed E-state index contributed by atoms with van der Waals surface area (Å²) in [5.74, 6) is 0.116. The molecule has 2 aromatic rings. The van der Waals surface area contributed by atoms with Crippen molar-refractivity contribution in [3.8, 4) is 5.75 Å². The first kappa shape index (κ1) is 26.0. The van der Waals surface area contributed by atoms with Crippen LogP contribution in [-0.4, -0.2) is 35.7 Å². The molecule has 2 rings (SSSR count). The zero-order chi connectivity index (χ0) is 24.4. The molecular formula is C23H29BrFN7O. The van der Waals surface area contributed by atoms with Crippen molar-refractivity contribution >= 4 is 39.4 Å². The van der Waals surface area contributed by atoms with Gasteiger partial charge in [-0.1, -0.05) is 0 Å². The smallest absolute Gasteiger partial charge is 0.166 e. The molecule has 8 nitrogen and oxygen atoms in total. The number of aromatic nitrogens is 1. The molecule has 0 bridgehead atoms. The summed E-state index contributed by atoms with van der Waals surface area (Å²) in [5, 5.41) is 13.2. The number of nitrogens with two attached hydrogens (primary N) is 2. The van der Waals surface area contributed by atoms with Gasteiger partial charge >= 0.3 is 0 Å². The monoisotopic (exact) mass is 517 g/mol. The minimum Gasteiger partial charge on any atom is -0.482 e. The molecule has 1 aromatic heterocycles. The first-order valence-electron chi connectivity index (χ1n) is 10.5. The molecule has 6 N–H and O–H groups in total. The van der Waals surface area contributed by atoms with Gasteiger partial charge in [-0.3, -0.25) is 10.4 Å². The van der Waals surface area contributed by atoms with Crippen LogP contribution in [-0.2, 0) is 0 Å². The number of nitrogens with zero attached hydrogens (tertiary/aromatic N) is 3. The van der Waals surface area contributed by atoms with E-state index >= 15 is 0 Å². The molecule has 0 amide bonds. The normalized spacial score (nSPS) is 13.2. The summed E-state index contributed by atoms with van der Waals surface area (Å²) in [6, 6.07) is 5.88. The van der Waals surface area contributed by atoms with Crippen molar-refractivity contribution in [2.24, 2.45) is 15.8 Å². The van der Waals surface area contributed by atoms with Crippen molar-refractivity contribution in [1.29, 1.82) is 5.41 Å². The van der Waals surface area contributed by atoms with Crippen molar-refractivity contribution in [2.45, 2.75) is 33.3 Å². The number of benzene rings is 1. The van der Waals surface area contributed by atoms with E-state index in [0.717, 1.165) is 0 Å². The number of rotatable bonds is 11. The summed E-state index contributed by atoms with van der Waals surface area (Å²) in [6.45, 7) is 6.76. The Morgan fingerprint density at radius 1 is 1.36 bits per heavy atom. The first-order valence-corrected chi connectivity index (χ1v) is 11.3. The maximum Gasteiger partial charge on any atom is 0.166 e. The Labute approximate surface area is 201 Å². The number of nitrogens with one attached hydrogen (secondary N) is 2. The Bertz CT molecular complexity index is 1070. The highest BCUT2D eigenvalue weighted by Crippen LogP contribution is 2.30. The van der Waals surface area contributed by atoms with Crippen LogP contribution in [0.25, 0.3) is 0 Å². The second-order valence-electron chi connectivity index (χ2n) is 7.02. The van der Waals surface area contributed by atoms with E-state index in [2.05, 4.69) is 36.4 Å². The van der Waals surface area contributed by atoms with Crippen LogP contribution >= 0.6 is 15.9 Å². The van der Waals surface area contributed by atoms with Crippen LogP contribution in [0.3, 0.4) is 0 Å². The third kappa shape index (κ3) is 7.38. The van der Waals surface area contributed by atoms with Crippen LogP contribution in [0.15, 0.2) is 56.8 Å². The van der Waals surface area contributed by atoms with Crippen LogP contribution in [0.1, 0.15) is 44.4 Å². The highest BCUT2D eigenvalue weighted by Gasteiger charge is 2.21. The Kier molecular flexibility index (Phi) is 9.99. The van der Waals surface area contributed by atoms with Crippen molar-refractivity contribution in [3.63, 3.8) is 0 Å². The van der Waals surface area contributed by atoms with Crippen molar-refractivity contribution in [2.75, 3.05) is 18.8 Å². The number of nitrogen functional groups attached to an aromatic ring is 1. The van der Waals surface area contributed by atoms with Gasteiger partial charge in [0.2, 0.25) is 0 Å². The lowest BCUT2D eigenvalue weighted by molar-refractivity contribution is 0.227. The molecule has 0 fully saturated rings. The summed E-state index contributed by atoms with van der Waals surface area (Å²) < 4.78 is 20.9. The quantitative estimate of drug-likeness (QED) is 0.259. The average Bonchev–Trinajstić information content (AvgIpc) is 2.80. The first-order chi connectivity index (χ1) is 15.8. The SMILES string of the molecule is CCN=CC(=CN)C/C(=N/NCC)C(=N)c1ccc(F)cc1[C@@H](C)Oc1cc(Br)cnc1N. The standard InChI is InChI=1S/C23H29BrFN7O/c1-4-29-12-15(11-26)8-20(32-31-5-2)22(27)18-7-6-17(25)10-19(18)14(3)33-21-9-16(24)13-30-23(21)28/h6-7,9-14,27,31H,4-5,8,26H2,1-3H3,(H2,28,30)/b15-11?,27-22?,29-12?,32-20-/t14-/m1/s1. The molecule has 0 spiro atoms. The minimum atomic E-state index is -0.624. The van der Waals surface area contributed by atoms with Gasteiger partial charge in [-0.2, -0.15) is 5.10 Å². The lowest BCUT2D eigenvalue weighted by atomic mass is 9.94. The molecule has 1 heterocycles. The largest absolute Gasteiger partial charge is 0.482 e. The van der Waals surface area contributed by atoms with Gasteiger partial charge < -0.3 is 21.6 Å². The predicted octanol–water partition coefficient (Wildman–Crippen LogP) is 4.36.